The average molecular weight is 432 g/mol. The SMILES string of the molecule is CCOCCC(C)n1cnc2c(cc(Cc3ccnc(OCC)c3)c3ccccc32)c1=O. The van der Waals surface area contributed by atoms with Crippen LogP contribution in [0.1, 0.15) is 44.4 Å². The van der Waals surface area contributed by atoms with Gasteiger partial charge < -0.3 is 9.47 Å². The molecule has 2 aromatic carbocycles. The molecule has 0 N–H and O–H groups in total. The van der Waals surface area contributed by atoms with Crippen LogP contribution in [0, 0.1) is 0 Å². The molecular formula is C26H29N3O3. The number of pyridine rings is 1. The third-order valence-electron chi connectivity index (χ3n) is 5.72. The fraction of sp³-hybridized carbons (Fsp3) is 0.346. The van der Waals surface area contributed by atoms with Crippen LogP contribution in [-0.4, -0.2) is 34.4 Å². The summed E-state index contributed by atoms with van der Waals surface area (Å²) in [5, 5.41) is 2.73. The Labute approximate surface area is 187 Å². The van der Waals surface area contributed by atoms with Crippen molar-refractivity contribution in [1.29, 1.82) is 0 Å². The van der Waals surface area contributed by atoms with Crippen LogP contribution in [0.4, 0.5) is 0 Å². The zero-order valence-corrected chi connectivity index (χ0v) is 18.9. The van der Waals surface area contributed by atoms with E-state index in [1.165, 1.54) is 0 Å². The van der Waals surface area contributed by atoms with E-state index in [0.29, 0.717) is 37.5 Å². The molecule has 0 amide bonds. The van der Waals surface area contributed by atoms with Crippen molar-refractivity contribution in [3.8, 4) is 5.88 Å². The molecule has 0 fully saturated rings. The summed E-state index contributed by atoms with van der Waals surface area (Å²) in [6.07, 6.45) is 4.87. The van der Waals surface area contributed by atoms with Crippen molar-refractivity contribution in [3.63, 3.8) is 0 Å². The Kier molecular flexibility index (Phi) is 6.81. The smallest absolute Gasteiger partial charge is 0.261 e. The van der Waals surface area contributed by atoms with Crippen LogP contribution in [0.25, 0.3) is 21.7 Å². The molecule has 1 atom stereocenters. The third kappa shape index (κ3) is 4.50. The highest BCUT2D eigenvalue weighted by atomic mass is 16.5. The van der Waals surface area contributed by atoms with Crippen molar-refractivity contribution in [1.82, 2.24) is 14.5 Å². The molecule has 4 aromatic rings. The molecule has 1 unspecified atom stereocenters. The number of fused-ring (bicyclic) bond motifs is 3. The molecule has 0 aliphatic heterocycles. The summed E-state index contributed by atoms with van der Waals surface area (Å²) in [6, 6.07) is 14.1. The molecule has 32 heavy (non-hydrogen) atoms. The first-order valence-corrected chi connectivity index (χ1v) is 11.2. The molecule has 6 nitrogen and oxygen atoms in total. The minimum atomic E-state index is -0.0178. The lowest BCUT2D eigenvalue weighted by Crippen LogP contribution is -2.24. The molecule has 0 aliphatic carbocycles. The number of ether oxygens (including phenoxy) is 2. The van der Waals surface area contributed by atoms with Crippen LogP contribution >= 0.6 is 0 Å². The molecule has 0 spiro atoms. The van der Waals surface area contributed by atoms with Gasteiger partial charge in [0.2, 0.25) is 5.88 Å². The summed E-state index contributed by atoms with van der Waals surface area (Å²) < 4.78 is 12.8. The highest BCUT2D eigenvalue weighted by Crippen LogP contribution is 2.28. The van der Waals surface area contributed by atoms with Gasteiger partial charge in [0.15, 0.2) is 0 Å². The molecule has 4 rings (SSSR count). The first kappa shape index (κ1) is 22.0. The van der Waals surface area contributed by atoms with Gasteiger partial charge >= 0.3 is 0 Å². The Morgan fingerprint density at radius 2 is 1.81 bits per heavy atom. The zero-order valence-electron chi connectivity index (χ0n) is 18.9. The Morgan fingerprint density at radius 1 is 1.00 bits per heavy atom. The van der Waals surface area contributed by atoms with E-state index < -0.39 is 0 Å². The number of benzene rings is 2. The lowest BCUT2D eigenvalue weighted by atomic mass is 9.96. The van der Waals surface area contributed by atoms with Gasteiger partial charge in [0.25, 0.3) is 5.56 Å². The van der Waals surface area contributed by atoms with Crippen LogP contribution in [-0.2, 0) is 11.2 Å². The second-order valence-corrected chi connectivity index (χ2v) is 7.88. The topological polar surface area (TPSA) is 66.2 Å². The Bertz CT molecular complexity index is 1280. The molecule has 2 heterocycles. The first-order valence-electron chi connectivity index (χ1n) is 11.2. The molecule has 0 saturated carbocycles. The summed E-state index contributed by atoms with van der Waals surface area (Å²) >= 11 is 0. The van der Waals surface area contributed by atoms with Crippen molar-refractivity contribution in [2.45, 2.75) is 39.7 Å². The van der Waals surface area contributed by atoms with Crippen LogP contribution < -0.4 is 10.3 Å². The van der Waals surface area contributed by atoms with E-state index >= 15 is 0 Å². The van der Waals surface area contributed by atoms with Crippen molar-refractivity contribution in [2.24, 2.45) is 0 Å². The van der Waals surface area contributed by atoms with Gasteiger partial charge in [0, 0.05) is 36.9 Å². The van der Waals surface area contributed by atoms with Crippen molar-refractivity contribution in [3.05, 3.63) is 76.5 Å². The Morgan fingerprint density at radius 3 is 2.59 bits per heavy atom. The maximum atomic E-state index is 13.4. The highest BCUT2D eigenvalue weighted by Gasteiger charge is 2.15. The fourth-order valence-corrected chi connectivity index (χ4v) is 4.05. The lowest BCUT2D eigenvalue weighted by Gasteiger charge is -2.16. The van der Waals surface area contributed by atoms with Crippen LogP contribution in [0.3, 0.4) is 0 Å². The minimum Gasteiger partial charge on any atom is -0.478 e. The quantitative estimate of drug-likeness (QED) is 0.278. The summed E-state index contributed by atoms with van der Waals surface area (Å²) in [5.74, 6) is 0.613. The van der Waals surface area contributed by atoms with Gasteiger partial charge in [-0.3, -0.25) is 9.36 Å². The standard InChI is InChI=1S/C26H29N3O3/c1-4-31-13-11-18(3)29-17-28-25-22-9-7-6-8-21(22)20(16-23(25)26(29)30)14-19-10-12-27-24(15-19)32-5-2/h6-10,12,15-18H,4-5,11,13-14H2,1-3H3. The van der Waals surface area contributed by atoms with E-state index in [-0.39, 0.29) is 11.6 Å². The van der Waals surface area contributed by atoms with Gasteiger partial charge in [-0.2, -0.15) is 0 Å². The van der Waals surface area contributed by atoms with Gasteiger partial charge in [-0.1, -0.05) is 24.3 Å². The van der Waals surface area contributed by atoms with E-state index in [9.17, 15) is 4.79 Å². The molecule has 166 valence electrons. The summed E-state index contributed by atoms with van der Waals surface area (Å²) in [6.45, 7) is 7.81. The maximum Gasteiger partial charge on any atom is 0.261 e. The molecule has 2 aromatic heterocycles. The van der Waals surface area contributed by atoms with Crippen molar-refractivity contribution >= 4 is 21.7 Å². The van der Waals surface area contributed by atoms with E-state index in [2.05, 4.69) is 11.1 Å². The normalized spacial score (nSPS) is 12.3. The van der Waals surface area contributed by atoms with Gasteiger partial charge in [-0.05, 0) is 62.3 Å². The van der Waals surface area contributed by atoms with Crippen molar-refractivity contribution in [2.75, 3.05) is 19.8 Å². The Hall–Kier alpha value is -3.25. The lowest BCUT2D eigenvalue weighted by molar-refractivity contribution is 0.134. The van der Waals surface area contributed by atoms with E-state index in [1.54, 1.807) is 17.1 Å². The average Bonchev–Trinajstić information content (AvgIpc) is 2.80. The van der Waals surface area contributed by atoms with E-state index in [1.807, 2.05) is 57.2 Å². The minimum absolute atomic E-state index is 0.00909. The number of aromatic nitrogens is 3. The van der Waals surface area contributed by atoms with Gasteiger partial charge in [0.05, 0.1) is 23.8 Å². The van der Waals surface area contributed by atoms with Crippen LogP contribution in [0.15, 0.2) is 59.8 Å². The third-order valence-corrected chi connectivity index (χ3v) is 5.72. The van der Waals surface area contributed by atoms with Gasteiger partial charge in [-0.15, -0.1) is 0 Å². The number of rotatable bonds is 9. The molecule has 0 radical (unpaired) electrons. The van der Waals surface area contributed by atoms with E-state index in [4.69, 9.17) is 14.5 Å². The maximum absolute atomic E-state index is 13.4. The van der Waals surface area contributed by atoms with Gasteiger partial charge in [0.1, 0.15) is 0 Å². The number of hydrogen-bond donors (Lipinski definition) is 0. The summed E-state index contributed by atoms with van der Waals surface area (Å²) in [4.78, 5) is 22.4. The first-order chi connectivity index (χ1) is 15.6. The number of hydrogen-bond acceptors (Lipinski definition) is 5. The molecule has 6 heteroatoms. The second-order valence-electron chi connectivity index (χ2n) is 7.88. The van der Waals surface area contributed by atoms with Gasteiger partial charge in [-0.25, -0.2) is 9.97 Å². The summed E-state index contributed by atoms with van der Waals surface area (Å²) in [5.41, 5.74) is 2.89. The monoisotopic (exact) mass is 431 g/mol. The van der Waals surface area contributed by atoms with Crippen molar-refractivity contribution < 1.29 is 9.47 Å². The molecule has 0 saturated heterocycles. The van der Waals surface area contributed by atoms with E-state index in [0.717, 1.165) is 33.8 Å². The molecular weight excluding hydrogens is 402 g/mol. The predicted molar refractivity (Wildman–Crippen MR) is 128 cm³/mol. The zero-order chi connectivity index (χ0) is 22.5. The largest absolute Gasteiger partial charge is 0.478 e. The Balaban J connectivity index is 1.80. The number of nitrogens with zero attached hydrogens (tertiary/aromatic N) is 3. The second kappa shape index (κ2) is 9.92. The fourth-order valence-electron chi connectivity index (χ4n) is 4.05. The van der Waals surface area contributed by atoms with Crippen LogP contribution in [0.2, 0.25) is 0 Å². The molecule has 0 aliphatic rings. The summed E-state index contributed by atoms with van der Waals surface area (Å²) in [7, 11) is 0. The predicted octanol–water partition coefficient (Wildman–Crippen LogP) is 4.92. The molecule has 0 bridgehead atoms. The van der Waals surface area contributed by atoms with Crippen LogP contribution in [0.5, 0.6) is 5.88 Å². The highest BCUT2D eigenvalue weighted by molar-refractivity contribution is 6.06.